The second-order valence-corrected chi connectivity index (χ2v) is 3.34. The van der Waals surface area contributed by atoms with Gasteiger partial charge in [-0.3, -0.25) is 4.79 Å². The fourth-order valence-electron chi connectivity index (χ4n) is 1.66. The maximum absolute atomic E-state index is 11.4. The summed E-state index contributed by atoms with van der Waals surface area (Å²) in [4.78, 5) is 11.4. The molecule has 4 heteroatoms. The molecule has 1 aromatic heterocycles. The smallest absolute Gasteiger partial charge is 0.273 e. The molecule has 1 aliphatic carbocycles. The molecule has 0 bridgehead atoms. The van der Waals surface area contributed by atoms with E-state index in [1.165, 1.54) is 19.1 Å². The van der Waals surface area contributed by atoms with Gasteiger partial charge in [-0.2, -0.15) is 0 Å². The van der Waals surface area contributed by atoms with Crippen LogP contribution in [-0.2, 0) is 0 Å². The van der Waals surface area contributed by atoms with Crippen LogP contribution in [0.25, 0.3) is 0 Å². The highest BCUT2D eigenvalue weighted by atomic mass is 16.5. The van der Waals surface area contributed by atoms with E-state index in [0.717, 1.165) is 12.8 Å². The molecular formula is C9H12N2O2. The first-order valence-electron chi connectivity index (χ1n) is 4.57. The van der Waals surface area contributed by atoms with Gasteiger partial charge in [-0.1, -0.05) is 18.0 Å². The molecule has 1 heterocycles. The van der Waals surface area contributed by atoms with Crippen LogP contribution in [0.2, 0.25) is 0 Å². The first kappa shape index (κ1) is 8.29. The van der Waals surface area contributed by atoms with E-state index in [0.29, 0.717) is 11.7 Å². The van der Waals surface area contributed by atoms with Gasteiger partial charge in [-0.25, -0.2) is 0 Å². The monoisotopic (exact) mass is 180 g/mol. The first-order chi connectivity index (χ1) is 6.36. The van der Waals surface area contributed by atoms with Gasteiger partial charge < -0.3 is 9.84 Å². The molecule has 0 radical (unpaired) electrons. The van der Waals surface area contributed by atoms with Crippen LogP contribution in [0, 0.1) is 0 Å². The molecule has 0 aliphatic heterocycles. The molecule has 1 fully saturated rings. The molecule has 0 spiro atoms. The van der Waals surface area contributed by atoms with E-state index in [1.54, 1.807) is 6.07 Å². The molecule has 1 saturated carbocycles. The fourth-order valence-corrected chi connectivity index (χ4v) is 1.66. The summed E-state index contributed by atoms with van der Waals surface area (Å²) in [6, 6.07) is 1.91. The van der Waals surface area contributed by atoms with E-state index >= 15 is 0 Å². The van der Waals surface area contributed by atoms with Crippen molar-refractivity contribution in [3.8, 4) is 0 Å². The van der Waals surface area contributed by atoms with E-state index < -0.39 is 0 Å². The molecule has 0 atom stereocenters. The van der Waals surface area contributed by atoms with Gasteiger partial charge in [0.2, 0.25) is 0 Å². The van der Waals surface area contributed by atoms with Crippen LogP contribution >= 0.6 is 0 Å². The minimum atomic E-state index is -0.124. The minimum absolute atomic E-state index is 0.124. The number of amides is 1. The molecule has 4 nitrogen and oxygen atoms in total. The number of nitrogens with zero attached hydrogens (tertiary/aromatic N) is 1. The Hall–Kier alpha value is -1.32. The lowest BCUT2D eigenvalue weighted by atomic mass is 10.2. The lowest BCUT2D eigenvalue weighted by Gasteiger charge is -2.09. The summed E-state index contributed by atoms with van der Waals surface area (Å²) < 4.78 is 4.59. The van der Waals surface area contributed by atoms with Crippen molar-refractivity contribution in [3.05, 3.63) is 18.0 Å². The van der Waals surface area contributed by atoms with Gasteiger partial charge >= 0.3 is 0 Å². The van der Waals surface area contributed by atoms with Crippen molar-refractivity contribution in [3.63, 3.8) is 0 Å². The predicted octanol–water partition coefficient (Wildman–Crippen LogP) is 1.35. The summed E-state index contributed by atoms with van der Waals surface area (Å²) in [6.45, 7) is 0. The van der Waals surface area contributed by atoms with Crippen LogP contribution in [-0.4, -0.2) is 17.1 Å². The number of hydrogen-bond acceptors (Lipinski definition) is 3. The normalized spacial score (nSPS) is 17.5. The molecule has 0 aromatic carbocycles. The maximum atomic E-state index is 11.4. The fraction of sp³-hybridized carbons (Fsp3) is 0.556. The molecular weight excluding hydrogens is 168 g/mol. The largest absolute Gasteiger partial charge is 0.364 e. The third kappa shape index (κ3) is 1.88. The maximum Gasteiger partial charge on any atom is 0.273 e. The summed E-state index contributed by atoms with van der Waals surface area (Å²) in [6.07, 6.45) is 6.00. The average molecular weight is 180 g/mol. The van der Waals surface area contributed by atoms with Gasteiger partial charge in [0.05, 0.1) is 0 Å². The van der Waals surface area contributed by atoms with Crippen LogP contribution in [0.5, 0.6) is 0 Å². The zero-order valence-electron chi connectivity index (χ0n) is 7.32. The number of rotatable bonds is 2. The van der Waals surface area contributed by atoms with E-state index in [4.69, 9.17) is 0 Å². The number of carbonyl (C=O) groups is 1. The van der Waals surface area contributed by atoms with Gasteiger partial charge in [0.15, 0.2) is 5.69 Å². The van der Waals surface area contributed by atoms with Crippen LogP contribution in [0.4, 0.5) is 0 Å². The molecule has 1 amide bonds. The summed E-state index contributed by atoms with van der Waals surface area (Å²) >= 11 is 0. The second kappa shape index (κ2) is 3.60. The van der Waals surface area contributed by atoms with E-state index in [-0.39, 0.29) is 5.91 Å². The highest BCUT2D eigenvalue weighted by Crippen LogP contribution is 2.17. The Bertz CT molecular complexity index is 276. The standard InChI is InChI=1S/C9H12N2O2/c12-9(8-5-6-13-11-8)10-7-3-1-2-4-7/h5-7H,1-4H2,(H,10,12). The quantitative estimate of drug-likeness (QED) is 0.747. The van der Waals surface area contributed by atoms with Crippen molar-refractivity contribution in [2.45, 2.75) is 31.7 Å². The predicted molar refractivity (Wildman–Crippen MR) is 46.2 cm³/mol. The van der Waals surface area contributed by atoms with Crippen molar-refractivity contribution < 1.29 is 9.32 Å². The van der Waals surface area contributed by atoms with Crippen molar-refractivity contribution in [2.75, 3.05) is 0 Å². The molecule has 0 unspecified atom stereocenters. The van der Waals surface area contributed by atoms with Gasteiger partial charge in [0, 0.05) is 12.1 Å². The van der Waals surface area contributed by atoms with Gasteiger partial charge in [-0.15, -0.1) is 0 Å². The molecule has 70 valence electrons. The van der Waals surface area contributed by atoms with Crippen LogP contribution < -0.4 is 5.32 Å². The molecule has 1 aliphatic rings. The van der Waals surface area contributed by atoms with Crippen molar-refractivity contribution in [1.82, 2.24) is 10.5 Å². The molecule has 2 rings (SSSR count). The van der Waals surface area contributed by atoms with E-state index in [9.17, 15) is 4.79 Å². The first-order valence-corrected chi connectivity index (χ1v) is 4.57. The lowest BCUT2D eigenvalue weighted by Crippen LogP contribution is -2.32. The SMILES string of the molecule is O=C(NC1CCCC1)c1ccon1. The van der Waals surface area contributed by atoms with Gasteiger partial charge in [0.25, 0.3) is 5.91 Å². The molecule has 0 saturated heterocycles. The average Bonchev–Trinajstić information content (AvgIpc) is 2.74. The number of nitrogens with one attached hydrogen (secondary N) is 1. The molecule has 1 aromatic rings. The van der Waals surface area contributed by atoms with Crippen molar-refractivity contribution in [2.24, 2.45) is 0 Å². The Labute approximate surface area is 76.3 Å². The third-order valence-corrected chi connectivity index (χ3v) is 2.36. The van der Waals surface area contributed by atoms with Crippen molar-refractivity contribution >= 4 is 5.91 Å². The summed E-state index contributed by atoms with van der Waals surface area (Å²) in [5.74, 6) is -0.124. The van der Waals surface area contributed by atoms with Crippen LogP contribution in [0.3, 0.4) is 0 Å². The zero-order chi connectivity index (χ0) is 9.10. The Kier molecular flexibility index (Phi) is 2.29. The van der Waals surface area contributed by atoms with Gasteiger partial charge in [-0.05, 0) is 12.8 Å². The van der Waals surface area contributed by atoms with Crippen LogP contribution in [0.1, 0.15) is 36.2 Å². The summed E-state index contributed by atoms with van der Waals surface area (Å²) in [5, 5.41) is 6.49. The van der Waals surface area contributed by atoms with Crippen LogP contribution in [0.15, 0.2) is 16.9 Å². The lowest BCUT2D eigenvalue weighted by molar-refractivity contribution is 0.0928. The summed E-state index contributed by atoms with van der Waals surface area (Å²) in [5.41, 5.74) is 0.368. The second-order valence-electron chi connectivity index (χ2n) is 3.34. The third-order valence-electron chi connectivity index (χ3n) is 2.36. The molecule has 13 heavy (non-hydrogen) atoms. The zero-order valence-corrected chi connectivity index (χ0v) is 7.32. The minimum Gasteiger partial charge on any atom is -0.364 e. The molecule has 1 N–H and O–H groups in total. The van der Waals surface area contributed by atoms with E-state index in [2.05, 4.69) is 15.0 Å². The summed E-state index contributed by atoms with van der Waals surface area (Å²) in [7, 11) is 0. The Morgan fingerprint density at radius 2 is 2.31 bits per heavy atom. The highest BCUT2D eigenvalue weighted by molar-refractivity contribution is 5.92. The topological polar surface area (TPSA) is 55.1 Å². The number of aromatic nitrogens is 1. The van der Waals surface area contributed by atoms with Crippen molar-refractivity contribution in [1.29, 1.82) is 0 Å². The van der Waals surface area contributed by atoms with Gasteiger partial charge in [0.1, 0.15) is 6.26 Å². The Morgan fingerprint density at radius 1 is 1.54 bits per heavy atom. The number of hydrogen-bond donors (Lipinski definition) is 1. The Balaban J connectivity index is 1.91. The van der Waals surface area contributed by atoms with E-state index in [1.807, 2.05) is 0 Å². The highest BCUT2D eigenvalue weighted by Gasteiger charge is 2.18. The number of carbonyl (C=O) groups excluding carboxylic acids is 1. The Morgan fingerprint density at radius 3 is 2.92 bits per heavy atom.